The second kappa shape index (κ2) is 13.7. The summed E-state index contributed by atoms with van der Waals surface area (Å²) < 4.78 is 10.1. The molecule has 0 unspecified atom stereocenters. The monoisotopic (exact) mass is 581 g/mol. The summed E-state index contributed by atoms with van der Waals surface area (Å²) in [6.07, 6.45) is 0.109. The van der Waals surface area contributed by atoms with Gasteiger partial charge >= 0.3 is 18.1 Å². The lowest BCUT2D eigenvalue weighted by Crippen LogP contribution is -2.54. The molecule has 4 amide bonds. The van der Waals surface area contributed by atoms with Crippen LogP contribution in [0, 0.1) is 19.8 Å². The van der Waals surface area contributed by atoms with Crippen LogP contribution >= 0.6 is 0 Å². The molecule has 2 aromatic rings. The van der Waals surface area contributed by atoms with E-state index in [9.17, 15) is 19.2 Å². The first-order valence-electron chi connectivity index (χ1n) is 14.1. The highest BCUT2D eigenvalue weighted by molar-refractivity contribution is 5.98. The van der Waals surface area contributed by atoms with Crippen molar-refractivity contribution >= 4 is 29.7 Å². The van der Waals surface area contributed by atoms with Crippen LogP contribution < -0.4 is 10.6 Å². The second-order valence-electron chi connectivity index (χ2n) is 11.9. The van der Waals surface area contributed by atoms with Crippen LogP contribution in [0.1, 0.15) is 57.1 Å². The third kappa shape index (κ3) is 8.67. The Morgan fingerprint density at radius 3 is 2.31 bits per heavy atom. The molecule has 1 fully saturated rings. The number of nitrogens with one attached hydrogen (secondary N) is 2. The fraction of sp³-hybridized carbons (Fsp3) is 0.516. The van der Waals surface area contributed by atoms with Crippen LogP contribution in [-0.4, -0.2) is 77.7 Å². The first-order valence-corrected chi connectivity index (χ1v) is 14.1. The zero-order valence-corrected chi connectivity index (χ0v) is 25.9. The number of anilines is 1. The number of piperazine rings is 1. The third-order valence-electron chi connectivity index (χ3n) is 6.70. The van der Waals surface area contributed by atoms with Crippen LogP contribution in [0.2, 0.25) is 0 Å². The van der Waals surface area contributed by atoms with E-state index >= 15 is 0 Å². The van der Waals surface area contributed by atoms with Crippen molar-refractivity contribution in [3.8, 4) is 11.1 Å². The molecule has 1 aromatic carbocycles. The van der Waals surface area contributed by atoms with Crippen molar-refractivity contribution in [2.24, 2.45) is 5.92 Å². The van der Waals surface area contributed by atoms with Crippen LogP contribution in [0.15, 0.2) is 24.3 Å². The lowest BCUT2D eigenvalue weighted by atomic mass is 9.92. The van der Waals surface area contributed by atoms with Crippen molar-refractivity contribution in [3.63, 3.8) is 0 Å². The highest BCUT2D eigenvalue weighted by atomic mass is 16.6. The average molecular weight is 582 g/mol. The fourth-order valence-corrected chi connectivity index (χ4v) is 4.67. The summed E-state index contributed by atoms with van der Waals surface area (Å²) in [5, 5.41) is 5.89. The van der Waals surface area contributed by atoms with Gasteiger partial charge in [-0.1, -0.05) is 43.7 Å². The SMILES string of the molecule is COC(=O)CN1CCN(C(=O)Nc2c(C)nc(CC(C)C)c(CNC(=O)OC(C)(C)C)c2-c2ccc(C)cc2)CC1=O. The normalized spacial score (nSPS) is 13.7. The molecule has 11 heteroatoms. The van der Waals surface area contributed by atoms with E-state index in [2.05, 4.69) is 29.2 Å². The van der Waals surface area contributed by atoms with Gasteiger partial charge in [-0.15, -0.1) is 0 Å². The van der Waals surface area contributed by atoms with Crippen molar-refractivity contribution in [1.29, 1.82) is 0 Å². The van der Waals surface area contributed by atoms with Gasteiger partial charge in [0.15, 0.2) is 0 Å². The Kier molecular flexibility index (Phi) is 10.5. The number of alkyl carbamates (subject to hydrolysis) is 1. The van der Waals surface area contributed by atoms with E-state index in [1.807, 2.05) is 38.1 Å². The van der Waals surface area contributed by atoms with Gasteiger partial charge < -0.3 is 29.9 Å². The van der Waals surface area contributed by atoms with E-state index in [0.717, 1.165) is 27.9 Å². The standard InChI is InChI=1S/C31H43N5O6/c1-19(2)15-24-23(16-32-30(40)42-31(5,6)7)27(22-11-9-20(3)10-12-22)28(21(4)33-24)34-29(39)36-14-13-35(25(37)17-36)18-26(38)41-8/h9-12,19H,13-18H2,1-8H3,(H,32,40)(H,34,39). The van der Waals surface area contributed by atoms with Gasteiger partial charge in [0, 0.05) is 36.5 Å². The second-order valence-corrected chi connectivity index (χ2v) is 11.9. The predicted molar refractivity (Wildman–Crippen MR) is 160 cm³/mol. The number of benzene rings is 1. The highest BCUT2D eigenvalue weighted by Gasteiger charge is 2.30. The first kappa shape index (κ1) is 32.4. The van der Waals surface area contributed by atoms with Crippen molar-refractivity contribution in [3.05, 3.63) is 46.8 Å². The van der Waals surface area contributed by atoms with Gasteiger partial charge in [0.05, 0.1) is 18.5 Å². The minimum absolute atomic E-state index is 0.140. The Morgan fingerprint density at radius 1 is 1.07 bits per heavy atom. The molecule has 0 saturated carbocycles. The minimum atomic E-state index is -0.659. The number of methoxy groups -OCH3 is 1. The number of aryl methyl sites for hydroxylation is 2. The lowest BCUT2D eigenvalue weighted by molar-refractivity contribution is -0.148. The van der Waals surface area contributed by atoms with Crippen molar-refractivity contribution in [1.82, 2.24) is 20.1 Å². The van der Waals surface area contributed by atoms with Crippen molar-refractivity contribution in [2.45, 2.75) is 67.0 Å². The van der Waals surface area contributed by atoms with E-state index < -0.39 is 23.7 Å². The number of urea groups is 1. The number of ether oxygens (including phenoxy) is 2. The van der Waals surface area contributed by atoms with E-state index in [4.69, 9.17) is 9.72 Å². The van der Waals surface area contributed by atoms with E-state index in [1.165, 1.54) is 16.9 Å². The summed E-state index contributed by atoms with van der Waals surface area (Å²) >= 11 is 0. The maximum atomic E-state index is 13.5. The molecule has 42 heavy (non-hydrogen) atoms. The summed E-state index contributed by atoms with van der Waals surface area (Å²) in [6.45, 7) is 13.7. The van der Waals surface area contributed by atoms with Gasteiger partial charge in [-0.05, 0) is 52.5 Å². The Bertz CT molecular complexity index is 1320. The Morgan fingerprint density at radius 2 is 1.74 bits per heavy atom. The van der Waals surface area contributed by atoms with E-state index in [-0.39, 0.29) is 44.5 Å². The maximum absolute atomic E-state index is 13.5. The molecule has 11 nitrogen and oxygen atoms in total. The summed E-state index contributed by atoms with van der Waals surface area (Å²) in [6, 6.07) is 7.48. The summed E-state index contributed by atoms with van der Waals surface area (Å²) in [5.74, 6) is -0.569. The number of carbonyl (C=O) groups excluding carboxylic acids is 4. The summed E-state index contributed by atoms with van der Waals surface area (Å²) in [5.41, 5.74) is 4.73. The number of rotatable bonds is 8. The molecule has 1 aliphatic heterocycles. The Labute approximate surface area is 247 Å². The fourth-order valence-electron chi connectivity index (χ4n) is 4.67. The number of hydrogen-bond acceptors (Lipinski definition) is 7. The number of esters is 1. The van der Waals surface area contributed by atoms with Crippen LogP contribution in [0.3, 0.4) is 0 Å². The van der Waals surface area contributed by atoms with Gasteiger partial charge in [0.2, 0.25) is 5.91 Å². The maximum Gasteiger partial charge on any atom is 0.407 e. The molecule has 1 saturated heterocycles. The van der Waals surface area contributed by atoms with Crippen LogP contribution in [0.25, 0.3) is 11.1 Å². The molecule has 1 aliphatic rings. The molecule has 0 bridgehead atoms. The topological polar surface area (TPSA) is 130 Å². The molecular weight excluding hydrogens is 538 g/mol. The zero-order valence-electron chi connectivity index (χ0n) is 25.9. The first-order chi connectivity index (χ1) is 19.7. The predicted octanol–water partition coefficient (Wildman–Crippen LogP) is 4.44. The molecule has 3 rings (SSSR count). The molecule has 2 N–H and O–H groups in total. The van der Waals surface area contributed by atoms with Crippen LogP contribution in [0.4, 0.5) is 15.3 Å². The van der Waals surface area contributed by atoms with Gasteiger partial charge in [-0.2, -0.15) is 0 Å². The quantitative estimate of drug-likeness (QED) is 0.441. The Balaban J connectivity index is 2.01. The molecule has 228 valence electrons. The number of aromatic nitrogens is 1. The number of amides is 4. The van der Waals surface area contributed by atoms with Gasteiger partial charge in [-0.25, -0.2) is 9.59 Å². The number of carbonyl (C=O) groups is 4. The van der Waals surface area contributed by atoms with Crippen molar-refractivity contribution < 1.29 is 28.7 Å². The van der Waals surface area contributed by atoms with Gasteiger partial charge in [-0.3, -0.25) is 14.6 Å². The molecule has 0 atom stereocenters. The largest absolute Gasteiger partial charge is 0.468 e. The number of nitrogens with zero attached hydrogens (tertiary/aromatic N) is 3. The molecule has 0 spiro atoms. The summed E-state index contributed by atoms with van der Waals surface area (Å²) in [4.78, 5) is 58.2. The van der Waals surface area contributed by atoms with E-state index in [0.29, 0.717) is 17.8 Å². The Hall–Kier alpha value is -4.15. The third-order valence-corrected chi connectivity index (χ3v) is 6.70. The van der Waals surface area contributed by atoms with E-state index in [1.54, 1.807) is 20.8 Å². The minimum Gasteiger partial charge on any atom is -0.468 e. The van der Waals surface area contributed by atoms with Gasteiger partial charge in [0.25, 0.3) is 0 Å². The van der Waals surface area contributed by atoms with Crippen LogP contribution in [-0.2, 0) is 32.0 Å². The number of hydrogen-bond donors (Lipinski definition) is 2. The molecule has 0 aliphatic carbocycles. The van der Waals surface area contributed by atoms with Crippen LogP contribution in [0.5, 0.6) is 0 Å². The smallest absolute Gasteiger partial charge is 0.407 e. The molecule has 1 aromatic heterocycles. The van der Waals surface area contributed by atoms with Gasteiger partial charge in [0.1, 0.15) is 18.7 Å². The zero-order chi connectivity index (χ0) is 31.2. The number of pyridine rings is 1. The highest BCUT2D eigenvalue weighted by Crippen LogP contribution is 2.36. The molecule has 0 radical (unpaired) electrons. The molecular formula is C31H43N5O6. The summed E-state index contributed by atoms with van der Waals surface area (Å²) in [7, 11) is 1.27. The molecule has 2 heterocycles. The average Bonchev–Trinajstić information content (AvgIpc) is 2.89. The lowest BCUT2D eigenvalue weighted by Gasteiger charge is -2.34. The van der Waals surface area contributed by atoms with Crippen molar-refractivity contribution in [2.75, 3.05) is 38.6 Å².